The van der Waals surface area contributed by atoms with Crippen LogP contribution in [0.15, 0.2) is 36.4 Å². The van der Waals surface area contributed by atoms with Crippen molar-refractivity contribution < 1.29 is 9.18 Å². The molecular formula is C15H10FIN2OS. The number of aromatic nitrogens is 1. The molecule has 3 rings (SSSR count). The summed E-state index contributed by atoms with van der Waals surface area (Å²) in [6, 6.07) is 10.6. The molecule has 0 atom stereocenters. The van der Waals surface area contributed by atoms with Gasteiger partial charge in [0.2, 0.25) is 0 Å². The topological polar surface area (TPSA) is 42.0 Å². The highest BCUT2D eigenvalue weighted by atomic mass is 127. The van der Waals surface area contributed by atoms with E-state index in [0.29, 0.717) is 16.3 Å². The zero-order chi connectivity index (χ0) is 15.0. The Morgan fingerprint density at radius 1 is 1.29 bits per heavy atom. The molecule has 6 heteroatoms. The fourth-order valence-corrected chi connectivity index (χ4v) is 3.31. The molecule has 0 aliphatic rings. The first-order valence-electron chi connectivity index (χ1n) is 6.16. The largest absolute Gasteiger partial charge is 0.317 e. The minimum Gasteiger partial charge on any atom is -0.317 e. The Hall–Kier alpha value is -1.54. The Morgan fingerprint density at radius 3 is 2.81 bits per heavy atom. The Labute approximate surface area is 138 Å². The van der Waals surface area contributed by atoms with Crippen molar-refractivity contribution in [2.75, 3.05) is 5.32 Å². The van der Waals surface area contributed by atoms with Crippen molar-refractivity contribution in [2.24, 2.45) is 0 Å². The first kappa shape index (κ1) is 14.4. The van der Waals surface area contributed by atoms with Gasteiger partial charge in [-0.2, -0.15) is 0 Å². The maximum absolute atomic E-state index is 14.0. The minimum atomic E-state index is -0.269. The predicted octanol–water partition coefficient (Wildman–Crippen LogP) is 5.38. The van der Waals surface area contributed by atoms with Gasteiger partial charge in [0.15, 0.2) is 0 Å². The lowest BCUT2D eigenvalue weighted by Gasteiger charge is -1.99. The summed E-state index contributed by atoms with van der Waals surface area (Å²) in [5.74, 6) is -0.269. The molecule has 3 nitrogen and oxygen atoms in total. The van der Waals surface area contributed by atoms with Crippen molar-refractivity contribution in [3.8, 4) is 10.6 Å². The molecular weight excluding hydrogens is 402 g/mol. The van der Waals surface area contributed by atoms with E-state index < -0.39 is 0 Å². The van der Waals surface area contributed by atoms with E-state index in [9.17, 15) is 9.18 Å². The Balaban J connectivity index is 2.06. The van der Waals surface area contributed by atoms with E-state index in [1.165, 1.54) is 17.4 Å². The molecule has 0 aliphatic heterocycles. The smallest absolute Gasteiger partial charge is 0.284 e. The van der Waals surface area contributed by atoms with Gasteiger partial charge in [-0.3, -0.25) is 4.79 Å². The molecule has 0 unspecified atom stereocenters. The van der Waals surface area contributed by atoms with Crippen LogP contribution in [0.2, 0.25) is 0 Å². The maximum atomic E-state index is 14.0. The number of anilines is 1. The summed E-state index contributed by atoms with van der Waals surface area (Å²) < 4.78 is 14.8. The molecule has 3 aromatic rings. The Kier molecular flexibility index (Phi) is 3.90. The highest BCUT2D eigenvalue weighted by molar-refractivity contribution is 14.1. The average Bonchev–Trinajstić information content (AvgIpc) is 2.80. The van der Waals surface area contributed by atoms with Crippen LogP contribution in [-0.4, -0.2) is 8.90 Å². The number of nitrogens with one attached hydrogen (secondary N) is 1. The number of halogens is 2. The number of carbonyl (C=O) groups is 1. The van der Waals surface area contributed by atoms with Crippen molar-refractivity contribution in [3.63, 3.8) is 0 Å². The molecule has 2 aromatic carbocycles. The van der Waals surface area contributed by atoms with Crippen molar-refractivity contribution in [1.29, 1.82) is 0 Å². The van der Waals surface area contributed by atoms with Gasteiger partial charge in [-0.05, 0) is 42.8 Å². The SMILES string of the molecule is Cc1ccc(-c2nc3cc(NC(=O)I)ccc3s2)c(F)c1. The summed E-state index contributed by atoms with van der Waals surface area (Å²) in [4.78, 5) is 15.5. The second-order valence-corrected chi connectivity index (χ2v) is 6.59. The van der Waals surface area contributed by atoms with Crippen molar-refractivity contribution in [2.45, 2.75) is 6.92 Å². The Bertz CT molecular complexity index is 847. The van der Waals surface area contributed by atoms with Crippen LogP contribution in [-0.2, 0) is 0 Å². The zero-order valence-corrected chi connectivity index (χ0v) is 14.0. The van der Waals surface area contributed by atoms with E-state index in [-0.39, 0.29) is 9.73 Å². The lowest BCUT2D eigenvalue weighted by atomic mass is 10.1. The lowest BCUT2D eigenvalue weighted by Crippen LogP contribution is -1.99. The molecule has 1 amide bonds. The Morgan fingerprint density at radius 2 is 2.10 bits per heavy atom. The molecule has 1 heterocycles. The third-order valence-corrected chi connectivity index (χ3v) is 4.32. The third-order valence-electron chi connectivity index (χ3n) is 2.99. The highest BCUT2D eigenvalue weighted by Crippen LogP contribution is 2.33. The third kappa shape index (κ3) is 3.06. The number of amides is 1. The molecule has 0 fully saturated rings. The summed E-state index contributed by atoms with van der Waals surface area (Å²) in [7, 11) is 0. The van der Waals surface area contributed by atoms with Crippen molar-refractivity contribution in [3.05, 3.63) is 47.8 Å². The van der Waals surface area contributed by atoms with Crippen LogP contribution in [0.4, 0.5) is 14.9 Å². The maximum Gasteiger partial charge on any atom is 0.284 e. The molecule has 0 radical (unpaired) electrons. The van der Waals surface area contributed by atoms with Crippen LogP contribution < -0.4 is 5.32 Å². The van der Waals surface area contributed by atoms with E-state index in [1.54, 1.807) is 34.7 Å². The predicted molar refractivity (Wildman–Crippen MR) is 92.8 cm³/mol. The van der Waals surface area contributed by atoms with Gasteiger partial charge < -0.3 is 5.32 Å². The number of fused-ring (bicyclic) bond motifs is 1. The van der Waals surface area contributed by atoms with E-state index in [4.69, 9.17) is 0 Å². The number of hydrogen-bond donors (Lipinski definition) is 1. The van der Waals surface area contributed by atoms with Gasteiger partial charge in [-0.1, -0.05) is 6.07 Å². The average molecular weight is 412 g/mol. The standard InChI is InChI=1S/C15H10FIN2OS/c1-8-2-4-10(11(16)6-8)14-19-12-7-9(18-15(17)20)3-5-13(12)21-14/h2-7H,1H3,(H,18,20). The van der Waals surface area contributed by atoms with Crippen LogP contribution >= 0.6 is 33.9 Å². The quantitative estimate of drug-likeness (QED) is 0.349. The molecule has 0 spiro atoms. The monoisotopic (exact) mass is 412 g/mol. The molecule has 0 aliphatic carbocycles. The number of carbonyl (C=O) groups excluding carboxylic acids is 1. The normalized spacial score (nSPS) is 10.8. The van der Waals surface area contributed by atoms with Gasteiger partial charge in [0.05, 0.1) is 10.2 Å². The van der Waals surface area contributed by atoms with E-state index in [2.05, 4.69) is 10.3 Å². The van der Waals surface area contributed by atoms with Gasteiger partial charge in [0.25, 0.3) is 3.91 Å². The molecule has 106 valence electrons. The van der Waals surface area contributed by atoms with Crippen molar-refractivity contribution in [1.82, 2.24) is 4.98 Å². The van der Waals surface area contributed by atoms with E-state index >= 15 is 0 Å². The lowest BCUT2D eigenvalue weighted by molar-refractivity contribution is 0.272. The number of hydrogen-bond acceptors (Lipinski definition) is 3. The molecule has 0 saturated carbocycles. The fraction of sp³-hybridized carbons (Fsp3) is 0.0667. The summed E-state index contributed by atoms with van der Waals surface area (Å²) in [6.07, 6.45) is 0. The van der Waals surface area contributed by atoms with Crippen LogP contribution in [0.3, 0.4) is 0 Å². The second kappa shape index (κ2) is 5.69. The van der Waals surface area contributed by atoms with E-state index in [0.717, 1.165) is 15.8 Å². The van der Waals surface area contributed by atoms with Crippen LogP contribution in [0, 0.1) is 12.7 Å². The van der Waals surface area contributed by atoms with Crippen molar-refractivity contribution >= 4 is 53.7 Å². The van der Waals surface area contributed by atoms with Gasteiger partial charge in [-0.25, -0.2) is 9.37 Å². The van der Waals surface area contributed by atoms with E-state index in [1.807, 2.05) is 25.1 Å². The van der Waals surface area contributed by atoms with Crippen LogP contribution in [0.25, 0.3) is 20.8 Å². The van der Waals surface area contributed by atoms with Crippen LogP contribution in [0.1, 0.15) is 5.56 Å². The first-order chi connectivity index (χ1) is 10.0. The van der Waals surface area contributed by atoms with Gasteiger partial charge >= 0.3 is 0 Å². The van der Waals surface area contributed by atoms with Gasteiger partial charge in [0.1, 0.15) is 10.8 Å². The highest BCUT2D eigenvalue weighted by Gasteiger charge is 2.11. The second-order valence-electron chi connectivity index (χ2n) is 4.58. The molecule has 21 heavy (non-hydrogen) atoms. The first-order valence-corrected chi connectivity index (χ1v) is 8.06. The minimum absolute atomic E-state index is 0.160. The molecule has 1 N–H and O–H groups in total. The number of rotatable bonds is 2. The number of aryl methyl sites for hydroxylation is 1. The number of nitrogens with zero attached hydrogens (tertiary/aromatic N) is 1. The number of thiazole rings is 1. The number of benzene rings is 2. The summed E-state index contributed by atoms with van der Waals surface area (Å²) in [5.41, 5.74) is 2.81. The molecule has 0 bridgehead atoms. The molecule has 1 aromatic heterocycles. The summed E-state index contributed by atoms with van der Waals surface area (Å²) in [6.45, 7) is 1.85. The van der Waals surface area contributed by atoms with Gasteiger partial charge in [0, 0.05) is 33.8 Å². The van der Waals surface area contributed by atoms with Gasteiger partial charge in [-0.15, -0.1) is 11.3 Å². The summed E-state index contributed by atoms with van der Waals surface area (Å²) >= 11 is 3.11. The summed E-state index contributed by atoms with van der Waals surface area (Å²) in [5, 5.41) is 3.34. The van der Waals surface area contributed by atoms with Crippen LogP contribution in [0.5, 0.6) is 0 Å². The fourth-order valence-electron chi connectivity index (χ4n) is 2.03. The zero-order valence-electron chi connectivity index (χ0n) is 11.0. The molecule has 0 saturated heterocycles.